The fraction of sp³-hybridized carbons (Fsp3) is 0.250. The molecular weight excluding hydrogens is 490 g/mol. The minimum atomic E-state index is -1.10. The summed E-state index contributed by atoms with van der Waals surface area (Å²) >= 11 is 12.5. The highest BCUT2D eigenvalue weighted by molar-refractivity contribution is 6.31. The van der Waals surface area contributed by atoms with Crippen molar-refractivity contribution in [3.05, 3.63) is 111 Å². The summed E-state index contributed by atoms with van der Waals surface area (Å²) in [5, 5.41) is 10.2. The number of rotatable bonds is 7. The van der Waals surface area contributed by atoms with E-state index in [4.69, 9.17) is 37.8 Å². The van der Waals surface area contributed by atoms with Gasteiger partial charge in [0.15, 0.2) is 6.61 Å². The minimum absolute atomic E-state index is 0.121. The van der Waals surface area contributed by atoms with Gasteiger partial charge in [0.2, 0.25) is 0 Å². The van der Waals surface area contributed by atoms with Gasteiger partial charge in [0.05, 0.1) is 12.2 Å². The lowest BCUT2D eigenvalue weighted by atomic mass is 9.74. The minimum Gasteiger partial charge on any atom is -0.481 e. The lowest BCUT2D eigenvalue weighted by Crippen LogP contribution is -2.32. The first-order valence-electron chi connectivity index (χ1n) is 11.2. The van der Waals surface area contributed by atoms with Gasteiger partial charge in [0.25, 0.3) is 0 Å². The van der Waals surface area contributed by atoms with Crippen molar-refractivity contribution in [3.63, 3.8) is 0 Å². The zero-order chi connectivity index (χ0) is 25.1. The van der Waals surface area contributed by atoms with Crippen LogP contribution in [0.15, 0.2) is 78.9 Å². The van der Waals surface area contributed by atoms with Crippen LogP contribution in [0, 0.1) is 11.7 Å². The van der Waals surface area contributed by atoms with Crippen LogP contribution in [0.25, 0.3) is 0 Å². The molecule has 1 fully saturated rings. The normalized spacial score (nSPS) is 21.9. The summed E-state index contributed by atoms with van der Waals surface area (Å²) in [5.41, 5.74) is 3.24. The Morgan fingerprint density at radius 2 is 1.77 bits per heavy atom. The molecule has 0 bridgehead atoms. The number of carboxylic acid groups (broad SMARTS) is 1. The van der Waals surface area contributed by atoms with Gasteiger partial charge in [-0.05, 0) is 60.9 Å². The Hall–Kier alpha value is -2.86. The maximum Gasteiger partial charge on any atom is 0.341 e. The van der Waals surface area contributed by atoms with Crippen LogP contribution in [0.1, 0.15) is 48.2 Å². The van der Waals surface area contributed by atoms with Gasteiger partial charge in [0, 0.05) is 27.4 Å². The zero-order valence-electron chi connectivity index (χ0n) is 19.1. The maximum absolute atomic E-state index is 14.2. The molecule has 182 valence electrons. The van der Waals surface area contributed by atoms with E-state index in [1.54, 1.807) is 24.3 Å². The van der Waals surface area contributed by atoms with Gasteiger partial charge in [-0.2, -0.15) is 0 Å². The molecule has 1 aliphatic heterocycles. The first kappa shape index (κ1) is 25.2. The van der Waals surface area contributed by atoms with Gasteiger partial charge in [-0.25, -0.2) is 9.18 Å². The molecule has 4 nitrogen and oxygen atoms in total. The van der Waals surface area contributed by atoms with E-state index >= 15 is 0 Å². The van der Waals surface area contributed by atoms with E-state index in [0.717, 1.165) is 11.1 Å². The molecule has 0 aliphatic carbocycles. The molecule has 7 heteroatoms. The summed E-state index contributed by atoms with van der Waals surface area (Å²) in [6.07, 6.45) is -0.354. The van der Waals surface area contributed by atoms with Crippen molar-refractivity contribution in [2.45, 2.75) is 31.5 Å². The summed E-state index contributed by atoms with van der Waals surface area (Å²) in [4.78, 5) is 11.2. The van der Waals surface area contributed by atoms with E-state index in [0.29, 0.717) is 33.3 Å². The molecular formula is C28H25Cl2FO4. The molecule has 3 aromatic carbocycles. The molecule has 1 saturated heterocycles. The molecule has 0 radical (unpaired) electrons. The molecule has 4 rings (SSSR count). The van der Waals surface area contributed by atoms with Crippen LogP contribution in [0.5, 0.6) is 5.75 Å². The second kappa shape index (κ2) is 10.8. The lowest BCUT2D eigenvalue weighted by Gasteiger charge is -2.43. The number of aliphatic carboxylic acids is 1. The van der Waals surface area contributed by atoms with Crippen molar-refractivity contribution in [2.75, 3.05) is 6.61 Å². The van der Waals surface area contributed by atoms with Crippen LogP contribution in [0.4, 0.5) is 4.39 Å². The quantitative estimate of drug-likeness (QED) is 0.327. The number of ether oxygens (including phenoxy) is 2. The average molecular weight is 515 g/mol. The molecule has 3 aromatic rings. The molecule has 0 amide bonds. The first-order chi connectivity index (χ1) is 16.7. The van der Waals surface area contributed by atoms with Crippen molar-refractivity contribution < 1.29 is 23.8 Å². The molecule has 0 spiro atoms. The van der Waals surface area contributed by atoms with E-state index in [-0.39, 0.29) is 17.7 Å². The Labute approximate surface area is 213 Å². The van der Waals surface area contributed by atoms with Gasteiger partial charge in [-0.1, -0.05) is 65.7 Å². The van der Waals surface area contributed by atoms with Crippen LogP contribution in [0.3, 0.4) is 0 Å². The summed E-state index contributed by atoms with van der Waals surface area (Å²) in [6.45, 7) is 5.63. The van der Waals surface area contributed by atoms with Gasteiger partial charge in [-0.15, -0.1) is 0 Å². The third-order valence-electron chi connectivity index (χ3n) is 6.25. The molecule has 0 unspecified atom stereocenters. The Morgan fingerprint density at radius 3 is 2.46 bits per heavy atom. The highest BCUT2D eigenvalue weighted by Crippen LogP contribution is 2.53. The van der Waals surface area contributed by atoms with E-state index < -0.39 is 24.8 Å². The van der Waals surface area contributed by atoms with E-state index in [9.17, 15) is 9.18 Å². The van der Waals surface area contributed by atoms with E-state index in [1.165, 1.54) is 12.1 Å². The number of hydrogen-bond donors (Lipinski definition) is 1. The largest absolute Gasteiger partial charge is 0.481 e. The number of hydrogen-bond acceptors (Lipinski definition) is 3. The number of benzene rings is 3. The van der Waals surface area contributed by atoms with Crippen LogP contribution in [-0.2, 0) is 9.53 Å². The van der Waals surface area contributed by atoms with Crippen molar-refractivity contribution in [3.8, 4) is 5.75 Å². The number of halogens is 3. The Balaban J connectivity index is 1.81. The fourth-order valence-electron chi connectivity index (χ4n) is 4.67. The van der Waals surface area contributed by atoms with Crippen LogP contribution < -0.4 is 4.74 Å². The molecule has 35 heavy (non-hydrogen) atoms. The number of carboxylic acids is 1. The second-order valence-electron chi connectivity index (χ2n) is 8.75. The first-order valence-corrected chi connectivity index (χ1v) is 11.9. The standard InChI is InChI=1S/C28H25Cl2FO4/c1-16(2)23-14-24(17-5-3-7-19(29)11-17)27(18-6-4-8-21(31)12-18)35-28(23)22-10-9-20(30)13-25(22)34-15-26(32)33/h3-13,23-24,27-28H,1,14-15H2,2H3,(H,32,33)/t23-,24-,27+,28-/m1/s1. The smallest absolute Gasteiger partial charge is 0.341 e. The SMILES string of the molecule is C=C(C)[C@H]1C[C@H](c2cccc(Cl)c2)[C@H](c2cccc(F)c2)O[C@@H]1c1ccc(Cl)cc1OCC(=O)O. The maximum atomic E-state index is 14.2. The zero-order valence-corrected chi connectivity index (χ0v) is 20.6. The second-order valence-corrected chi connectivity index (χ2v) is 9.62. The Morgan fingerprint density at radius 1 is 1.06 bits per heavy atom. The average Bonchev–Trinajstić information content (AvgIpc) is 2.82. The van der Waals surface area contributed by atoms with Crippen LogP contribution >= 0.6 is 23.2 Å². The summed E-state index contributed by atoms with van der Waals surface area (Å²) in [6, 6.07) is 19.0. The summed E-state index contributed by atoms with van der Waals surface area (Å²) in [5.74, 6) is -1.38. The van der Waals surface area contributed by atoms with Crippen molar-refractivity contribution in [1.82, 2.24) is 0 Å². The third kappa shape index (κ3) is 5.87. The fourth-order valence-corrected chi connectivity index (χ4v) is 5.03. The number of carbonyl (C=O) groups is 1. The van der Waals surface area contributed by atoms with E-state index in [2.05, 4.69) is 6.58 Å². The predicted octanol–water partition coefficient (Wildman–Crippen LogP) is 7.77. The van der Waals surface area contributed by atoms with E-state index in [1.807, 2.05) is 37.3 Å². The van der Waals surface area contributed by atoms with Gasteiger partial charge in [0.1, 0.15) is 11.6 Å². The van der Waals surface area contributed by atoms with Crippen molar-refractivity contribution >= 4 is 29.2 Å². The molecule has 1 N–H and O–H groups in total. The molecule has 4 atom stereocenters. The predicted molar refractivity (Wildman–Crippen MR) is 135 cm³/mol. The Bertz CT molecular complexity index is 1250. The summed E-state index contributed by atoms with van der Waals surface area (Å²) in [7, 11) is 0. The molecule has 0 saturated carbocycles. The third-order valence-corrected chi connectivity index (χ3v) is 6.72. The van der Waals surface area contributed by atoms with Gasteiger partial charge >= 0.3 is 5.97 Å². The lowest BCUT2D eigenvalue weighted by molar-refractivity contribution is -0.139. The topological polar surface area (TPSA) is 55.8 Å². The van der Waals surface area contributed by atoms with Crippen molar-refractivity contribution in [2.24, 2.45) is 5.92 Å². The monoisotopic (exact) mass is 514 g/mol. The highest BCUT2D eigenvalue weighted by Gasteiger charge is 2.41. The highest BCUT2D eigenvalue weighted by atomic mass is 35.5. The molecule has 0 aromatic heterocycles. The van der Waals surface area contributed by atoms with Gasteiger partial charge < -0.3 is 14.6 Å². The summed E-state index contributed by atoms with van der Waals surface area (Å²) < 4.78 is 26.6. The molecule has 1 heterocycles. The van der Waals surface area contributed by atoms with Crippen molar-refractivity contribution in [1.29, 1.82) is 0 Å². The van der Waals surface area contributed by atoms with Crippen LogP contribution in [-0.4, -0.2) is 17.7 Å². The van der Waals surface area contributed by atoms with Crippen LogP contribution in [0.2, 0.25) is 10.0 Å². The Kier molecular flexibility index (Phi) is 7.80. The molecule has 1 aliphatic rings. The van der Waals surface area contributed by atoms with Gasteiger partial charge in [-0.3, -0.25) is 0 Å².